The molecule has 3 rings (SSSR count). The Balaban J connectivity index is 2.01. The van der Waals surface area contributed by atoms with Crippen molar-refractivity contribution in [2.45, 2.75) is 20.3 Å². The first-order valence-electron chi connectivity index (χ1n) is 10.5. The highest BCUT2D eigenvalue weighted by molar-refractivity contribution is 6.30. The molecule has 0 bridgehead atoms. The number of rotatable bonds is 9. The van der Waals surface area contributed by atoms with E-state index in [1.807, 2.05) is 37.4 Å². The molecule has 1 heterocycles. The molecule has 0 aliphatic carbocycles. The van der Waals surface area contributed by atoms with Crippen LogP contribution in [-0.4, -0.2) is 53.6 Å². The van der Waals surface area contributed by atoms with E-state index in [4.69, 9.17) is 21.1 Å². The van der Waals surface area contributed by atoms with E-state index in [9.17, 15) is 9.59 Å². The van der Waals surface area contributed by atoms with Crippen molar-refractivity contribution < 1.29 is 19.1 Å². The largest absolute Gasteiger partial charge is 0.497 e. The zero-order valence-electron chi connectivity index (χ0n) is 19.1. The average molecular weight is 471 g/mol. The normalized spacial score (nSPS) is 10.6. The number of methoxy groups -OCH3 is 2. The van der Waals surface area contributed by atoms with Crippen LogP contribution in [0.15, 0.2) is 48.7 Å². The van der Waals surface area contributed by atoms with Crippen LogP contribution in [0.25, 0.3) is 16.9 Å². The maximum absolute atomic E-state index is 12.8. The number of aromatic nitrogens is 2. The topological polar surface area (TPSA) is 85.7 Å². The van der Waals surface area contributed by atoms with Crippen LogP contribution in [0.3, 0.4) is 0 Å². The van der Waals surface area contributed by atoms with Crippen LogP contribution in [0.4, 0.5) is 5.95 Å². The first kappa shape index (κ1) is 24.1. The molecule has 9 heteroatoms. The van der Waals surface area contributed by atoms with Gasteiger partial charge >= 0.3 is 0 Å². The summed E-state index contributed by atoms with van der Waals surface area (Å²) in [6, 6.07) is 12.6. The number of likely N-dealkylation sites (N-methyl/N-ethyl adjacent to an activating group) is 1. The molecule has 2 amide bonds. The van der Waals surface area contributed by atoms with Crippen LogP contribution in [0.2, 0.25) is 5.02 Å². The van der Waals surface area contributed by atoms with E-state index in [2.05, 4.69) is 10.3 Å². The molecular weight excluding hydrogens is 444 g/mol. The molecule has 0 unspecified atom stereocenters. The zero-order chi connectivity index (χ0) is 24.0. The number of nitrogens with zero attached hydrogens (tertiary/aromatic N) is 3. The van der Waals surface area contributed by atoms with Gasteiger partial charge in [0.2, 0.25) is 17.8 Å². The summed E-state index contributed by atoms with van der Waals surface area (Å²) >= 11 is 6.02. The van der Waals surface area contributed by atoms with E-state index >= 15 is 0 Å². The Hall–Kier alpha value is -3.52. The molecule has 3 aromatic rings. The summed E-state index contributed by atoms with van der Waals surface area (Å²) in [5, 5.41) is 3.46. The third-order valence-corrected chi connectivity index (χ3v) is 5.33. The van der Waals surface area contributed by atoms with Crippen molar-refractivity contribution in [3.05, 3.63) is 53.7 Å². The molecule has 0 saturated carbocycles. The molecule has 174 valence electrons. The van der Waals surface area contributed by atoms with Gasteiger partial charge in [0.05, 0.1) is 32.1 Å². The van der Waals surface area contributed by atoms with Crippen molar-refractivity contribution in [3.8, 4) is 28.4 Å². The Kier molecular flexibility index (Phi) is 7.95. The molecule has 0 fully saturated rings. The van der Waals surface area contributed by atoms with E-state index in [0.29, 0.717) is 46.8 Å². The maximum atomic E-state index is 12.8. The summed E-state index contributed by atoms with van der Waals surface area (Å²) in [7, 11) is 3.14. The lowest BCUT2D eigenvalue weighted by molar-refractivity contribution is -0.134. The number of carbonyl (C=O) groups excluding carboxylic acids is 2. The summed E-state index contributed by atoms with van der Waals surface area (Å²) in [6.45, 7) is 3.98. The third-order valence-electron chi connectivity index (χ3n) is 5.08. The number of imidazole rings is 1. The van der Waals surface area contributed by atoms with Gasteiger partial charge in [0.15, 0.2) is 0 Å². The van der Waals surface area contributed by atoms with E-state index in [1.54, 1.807) is 43.9 Å². The second kappa shape index (κ2) is 10.9. The number of ether oxygens (including phenoxy) is 2. The monoisotopic (exact) mass is 470 g/mol. The molecule has 1 N–H and O–H groups in total. The Labute approximate surface area is 198 Å². The van der Waals surface area contributed by atoms with Crippen LogP contribution in [0.5, 0.6) is 11.5 Å². The van der Waals surface area contributed by atoms with Crippen LogP contribution in [0, 0.1) is 0 Å². The predicted molar refractivity (Wildman–Crippen MR) is 128 cm³/mol. The number of hydrogen-bond donors (Lipinski definition) is 1. The van der Waals surface area contributed by atoms with Crippen molar-refractivity contribution >= 4 is 29.4 Å². The first-order valence-corrected chi connectivity index (χ1v) is 10.9. The Morgan fingerprint density at radius 2 is 1.70 bits per heavy atom. The minimum atomic E-state index is -0.344. The van der Waals surface area contributed by atoms with Gasteiger partial charge in [0, 0.05) is 47.9 Å². The predicted octanol–water partition coefficient (Wildman–Crippen LogP) is 4.41. The van der Waals surface area contributed by atoms with Gasteiger partial charge in [0.25, 0.3) is 0 Å². The maximum Gasteiger partial charge on any atom is 0.246 e. The zero-order valence-corrected chi connectivity index (χ0v) is 19.8. The number of nitrogens with one attached hydrogen (secondary N) is 1. The van der Waals surface area contributed by atoms with Crippen molar-refractivity contribution in [3.63, 3.8) is 0 Å². The number of halogens is 1. The number of carbonyl (C=O) groups is 2. The minimum absolute atomic E-state index is 0.0618. The van der Waals surface area contributed by atoms with Crippen LogP contribution in [0.1, 0.15) is 20.3 Å². The van der Waals surface area contributed by atoms with Crippen molar-refractivity contribution in [1.29, 1.82) is 0 Å². The van der Waals surface area contributed by atoms with E-state index in [0.717, 1.165) is 5.56 Å². The van der Waals surface area contributed by atoms with Gasteiger partial charge in [-0.25, -0.2) is 4.98 Å². The molecule has 2 aromatic carbocycles. The Bertz CT molecular complexity index is 1110. The fraction of sp³-hybridized carbons (Fsp3) is 0.292. The number of amides is 2. The molecule has 0 aliphatic heterocycles. The average Bonchev–Trinajstić information content (AvgIpc) is 3.25. The number of hydrogen-bond acceptors (Lipinski definition) is 5. The van der Waals surface area contributed by atoms with Crippen LogP contribution >= 0.6 is 11.6 Å². The quantitative estimate of drug-likeness (QED) is 0.500. The smallest absolute Gasteiger partial charge is 0.246 e. The molecule has 0 spiro atoms. The summed E-state index contributed by atoms with van der Waals surface area (Å²) in [5.41, 5.74) is 2.16. The summed E-state index contributed by atoms with van der Waals surface area (Å²) in [6.07, 6.45) is 2.14. The molecule has 0 atom stereocenters. The van der Waals surface area contributed by atoms with Gasteiger partial charge in [-0.05, 0) is 19.1 Å². The molecule has 33 heavy (non-hydrogen) atoms. The molecule has 0 aliphatic rings. The highest BCUT2D eigenvalue weighted by Crippen LogP contribution is 2.30. The first-order chi connectivity index (χ1) is 15.9. The van der Waals surface area contributed by atoms with Gasteiger partial charge in [0.1, 0.15) is 11.5 Å². The second-order valence-electron chi connectivity index (χ2n) is 7.21. The highest BCUT2D eigenvalue weighted by Gasteiger charge is 2.18. The SMILES string of the molecule is CCC(=O)N(CC)CC(=O)Nc1nc(-c2ccc(Cl)cc2)cn1-c1cc(OC)cc(OC)c1. The van der Waals surface area contributed by atoms with E-state index in [1.165, 1.54) is 4.90 Å². The molecule has 8 nitrogen and oxygen atoms in total. The Morgan fingerprint density at radius 1 is 1.06 bits per heavy atom. The lowest BCUT2D eigenvalue weighted by atomic mass is 10.2. The molecular formula is C24H27ClN4O4. The van der Waals surface area contributed by atoms with E-state index in [-0.39, 0.29) is 18.4 Å². The lowest BCUT2D eigenvalue weighted by Crippen LogP contribution is -2.37. The second-order valence-corrected chi connectivity index (χ2v) is 7.64. The summed E-state index contributed by atoms with van der Waals surface area (Å²) in [5.74, 6) is 1.06. The standard InChI is InChI=1S/C24H27ClN4O4/c1-5-23(31)28(6-2)15-22(30)27-24-26-21(16-7-9-17(25)10-8-16)14-29(24)18-11-19(32-3)13-20(12-18)33-4/h7-14H,5-6,15H2,1-4H3,(H,26,27,30). The minimum Gasteiger partial charge on any atom is -0.497 e. The van der Waals surface area contributed by atoms with Gasteiger partial charge in [-0.15, -0.1) is 0 Å². The summed E-state index contributed by atoms with van der Waals surface area (Å²) < 4.78 is 12.5. The van der Waals surface area contributed by atoms with Crippen LogP contribution in [-0.2, 0) is 9.59 Å². The van der Waals surface area contributed by atoms with Gasteiger partial charge in [-0.3, -0.25) is 19.5 Å². The number of benzene rings is 2. The third kappa shape index (κ3) is 5.84. The molecule has 1 aromatic heterocycles. The van der Waals surface area contributed by atoms with Gasteiger partial charge in [-0.2, -0.15) is 0 Å². The molecule has 0 saturated heterocycles. The Morgan fingerprint density at radius 3 is 2.24 bits per heavy atom. The van der Waals surface area contributed by atoms with Crippen LogP contribution < -0.4 is 14.8 Å². The lowest BCUT2D eigenvalue weighted by Gasteiger charge is -2.19. The molecule has 0 radical (unpaired) electrons. The highest BCUT2D eigenvalue weighted by atomic mass is 35.5. The van der Waals surface area contributed by atoms with Gasteiger partial charge in [-0.1, -0.05) is 30.7 Å². The number of anilines is 1. The van der Waals surface area contributed by atoms with Crippen molar-refractivity contribution in [2.24, 2.45) is 0 Å². The fourth-order valence-corrected chi connectivity index (χ4v) is 3.42. The van der Waals surface area contributed by atoms with Crippen molar-refractivity contribution in [2.75, 3.05) is 32.6 Å². The summed E-state index contributed by atoms with van der Waals surface area (Å²) in [4.78, 5) is 31.0. The fourth-order valence-electron chi connectivity index (χ4n) is 3.29. The van der Waals surface area contributed by atoms with E-state index < -0.39 is 0 Å². The van der Waals surface area contributed by atoms with Crippen molar-refractivity contribution in [1.82, 2.24) is 14.5 Å². The van der Waals surface area contributed by atoms with Gasteiger partial charge < -0.3 is 14.4 Å².